The molecule has 1 aliphatic rings. The first-order valence-corrected chi connectivity index (χ1v) is 7.45. The van der Waals surface area contributed by atoms with Gasteiger partial charge in [0, 0.05) is 24.1 Å². The molecule has 1 aliphatic heterocycles. The van der Waals surface area contributed by atoms with E-state index in [2.05, 4.69) is 25.8 Å². The lowest BCUT2D eigenvalue weighted by atomic mass is 10.1. The molecule has 1 aromatic rings. The molecule has 19 heavy (non-hydrogen) atoms. The Hall–Kier alpha value is -1.10. The van der Waals surface area contributed by atoms with Crippen LogP contribution in [0.5, 0.6) is 0 Å². The Morgan fingerprint density at radius 2 is 2.05 bits per heavy atom. The van der Waals surface area contributed by atoms with Gasteiger partial charge in [-0.25, -0.2) is 4.39 Å². The van der Waals surface area contributed by atoms with Gasteiger partial charge in [-0.3, -0.25) is 4.99 Å². The Kier molecular flexibility index (Phi) is 5.19. The smallest absolute Gasteiger partial charge is 0.191 e. The predicted octanol–water partition coefficient (Wildman–Crippen LogP) is 2.93. The van der Waals surface area contributed by atoms with E-state index in [1.807, 2.05) is 0 Å². The van der Waals surface area contributed by atoms with Crippen molar-refractivity contribution in [1.82, 2.24) is 4.90 Å². The van der Waals surface area contributed by atoms with E-state index in [0.717, 1.165) is 17.6 Å². The maximum absolute atomic E-state index is 13.5. The fraction of sp³-hybridized carbons (Fsp3) is 0.500. The second kappa shape index (κ2) is 6.89. The molecule has 0 spiro atoms. The molecule has 0 bridgehead atoms. The Bertz CT molecular complexity index is 456. The first kappa shape index (κ1) is 14.3. The SMILES string of the molecule is NC(=NCCc1cc(Br)ccc1F)N1CCCCC1. The second-order valence-electron chi connectivity index (χ2n) is 4.77. The van der Waals surface area contributed by atoms with E-state index in [0.29, 0.717) is 24.5 Å². The molecule has 104 valence electrons. The van der Waals surface area contributed by atoms with Gasteiger partial charge < -0.3 is 10.6 Å². The third-order valence-electron chi connectivity index (χ3n) is 3.34. The minimum absolute atomic E-state index is 0.185. The number of piperidine rings is 1. The minimum Gasteiger partial charge on any atom is -0.370 e. The number of rotatable bonds is 3. The van der Waals surface area contributed by atoms with E-state index in [-0.39, 0.29) is 5.82 Å². The first-order chi connectivity index (χ1) is 9.16. The third kappa shape index (κ3) is 4.20. The van der Waals surface area contributed by atoms with Gasteiger partial charge in [-0.05, 0) is 49.4 Å². The molecule has 0 saturated carbocycles. The summed E-state index contributed by atoms with van der Waals surface area (Å²) in [6.45, 7) is 2.50. The van der Waals surface area contributed by atoms with Crippen LogP contribution in [0.25, 0.3) is 0 Å². The number of hydrogen-bond acceptors (Lipinski definition) is 1. The van der Waals surface area contributed by atoms with Crippen LogP contribution in [-0.4, -0.2) is 30.5 Å². The van der Waals surface area contributed by atoms with E-state index in [9.17, 15) is 4.39 Å². The van der Waals surface area contributed by atoms with Gasteiger partial charge in [-0.1, -0.05) is 15.9 Å². The molecule has 5 heteroatoms. The van der Waals surface area contributed by atoms with Gasteiger partial charge >= 0.3 is 0 Å². The van der Waals surface area contributed by atoms with Crippen LogP contribution in [-0.2, 0) is 6.42 Å². The van der Waals surface area contributed by atoms with Crippen LogP contribution in [0, 0.1) is 5.82 Å². The van der Waals surface area contributed by atoms with Crippen molar-refractivity contribution in [3.63, 3.8) is 0 Å². The summed E-state index contributed by atoms with van der Waals surface area (Å²) in [6.07, 6.45) is 4.19. The monoisotopic (exact) mass is 327 g/mol. The van der Waals surface area contributed by atoms with Crippen molar-refractivity contribution in [2.45, 2.75) is 25.7 Å². The fourth-order valence-electron chi connectivity index (χ4n) is 2.25. The Balaban J connectivity index is 1.89. The molecule has 0 unspecified atom stereocenters. The topological polar surface area (TPSA) is 41.6 Å². The van der Waals surface area contributed by atoms with Crippen molar-refractivity contribution >= 4 is 21.9 Å². The quantitative estimate of drug-likeness (QED) is 0.685. The molecular formula is C14H19BrFN3. The Morgan fingerprint density at radius 3 is 2.79 bits per heavy atom. The summed E-state index contributed by atoms with van der Waals surface area (Å²) in [5, 5.41) is 0. The summed E-state index contributed by atoms with van der Waals surface area (Å²) in [6, 6.07) is 4.96. The van der Waals surface area contributed by atoms with Crippen molar-refractivity contribution in [2.24, 2.45) is 10.7 Å². The molecule has 0 aliphatic carbocycles. The summed E-state index contributed by atoms with van der Waals surface area (Å²) in [7, 11) is 0. The molecule has 2 rings (SSSR count). The van der Waals surface area contributed by atoms with Crippen LogP contribution in [0.1, 0.15) is 24.8 Å². The lowest BCUT2D eigenvalue weighted by molar-refractivity contribution is 0.338. The van der Waals surface area contributed by atoms with Gasteiger partial charge in [0.15, 0.2) is 5.96 Å². The van der Waals surface area contributed by atoms with E-state index in [4.69, 9.17) is 5.73 Å². The molecule has 1 heterocycles. The van der Waals surface area contributed by atoms with Gasteiger partial charge in [0.2, 0.25) is 0 Å². The molecule has 0 radical (unpaired) electrons. The lowest BCUT2D eigenvalue weighted by Gasteiger charge is -2.27. The summed E-state index contributed by atoms with van der Waals surface area (Å²) in [5.74, 6) is 0.407. The molecule has 0 aromatic heterocycles. The number of likely N-dealkylation sites (tertiary alicyclic amines) is 1. The molecule has 1 fully saturated rings. The number of aliphatic imine (C=N–C) groups is 1. The normalized spacial score (nSPS) is 16.7. The van der Waals surface area contributed by atoms with Crippen LogP contribution < -0.4 is 5.73 Å². The molecule has 2 N–H and O–H groups in total. The summed E-state index contributed by atoms with van der Waals surface area (Å²) in [4.78, 5) is 6.46. The van der Waals surface area contributed by atoms with Crippen LogP contribution in [0.15, 0.2) is 27.7 Å². The van der Waals surface area contributed by atoms with E-state index in [1.165, 1.54) is 25.3 Å². The standard InChI is InChI=1S/C14H19BrFN3/c15-12-4-5-13(16)11(10-12)6-7-18-14(17)19-8-2-1-3-9-19/h4-5,10H,1-3,6-9H2,(H2,17,18). The fourth-order valence-corrected chi connectivity index (χ4v) is 2.66. The Morgan fingerprint density at radius 1 is 1.32 bits per heavy atom. The molecule has 0 amide bonds. The van der Waals surface area contributed by atoms with Crippen LogP contribution in [0.2, 0.25) is 0 Å². The van der Waals surface area contributed by atoms with Crippen molar-refractivity contribution in [3.8, 4) is 0 Å². The summed E-state index contributed by atoms with van der Waals surface area (Å²) in [5.41, 5.74) is 6.62. The maximum Gasteiger partial charge on any atom is 0.191 e. The number of halogens is 2. The van der Waals surface area contributed by atoms with Crippen molar-refractivity contribution in [2.75, 3.05) is 19.6 Å². The highest BCUT2D eigenvalue weighted by molar-refractivity contribution is 9.10. The average molecular weight is 328 g/mol. The summed E-state index contributed by atoms with van der Waals surface area (Å²) >= 11 is 3.34. The number of nitrogens with two attached hydrogens (primary N) is 1. The zero-order valence-corrected chi connectivity index (χ0v) is 12.5. The number of nitrogens with zero attached hydrogens (tertiary/aromatic N) is 2. The van der Waals surface area contributed by atoms with Gasteiger partial charge in [-0.2, -0.15) is 0 Å². The highest BCUT2D eigenvalue weighted by Crippen LogP contribution is 2.16. The third-order valence-corrected chi connectivity index (χ3v) is 3.84. The van der Waals surface area contributed by atoms with Crippen LogP contribution in [0.4, 0.5) is 4.39 Å². The van der Waals surface area contributed by atoms with Gasteiger partial charge in [0.05, 0.1) is 0 Å². The molecular weight excluding hydrogens is 309 g/mol. The number of benzene rings is 1. The first-order valence-electron chi connectivity index (χ1n) is 6.65. The van der Waals surface area contributed by atoms with Crippen LogP contribution in [0.3, 0.4) is 0 Å². The summed E-state index contributed by atoms with van der Waals surface area (Å²) < 4.78 is 14.4. The average Bonchev–Trinajstić information content (AvgIpc) is 2.43. The zero-order valence-electron chi connectivity index (χ0n) is 10.9. The molecule has 1 aromatic carbocycles. The number of guanidine groups is 1. The molecule has 3 nitrogen and oxygen atoms in total. The van der Waals surface area contributed by atoms with Crippen molar-refractivity contribution in [1.29, 1.82) is 0 Å². The zero-order chi connectivity index (χ0) is 13.7. The van der Waals surface area contributed by atoms with Gasteiger partial charge in [0.1, 0.15) is 5.82 Å². The maximum atomic E-state index is 13.5. The Labute approximate surface area is 121 Å². The van der Waals surface area contributed by atoms with E-state index >= 15 is 0 Å². The van der Waals surface area contributed by atoms with Crippen molar-refractivity contribution < 1.29 is 4.39 Å². The minimum atomic E-state index is -0.185. The molecule has 0 atom stereocenters. The largest absolute Gasteiger partial charge is 0.370 e. The van der Waals surface area contributed by atoms with E-state index < -0.39 is 0 Å². The second-order valence-corrected chi connectivity index (χ2v) is 5.69. The highest BCUT2D eigenvalue weighted by Gasteiger charge is 2.11. The highest BCUT2D eigenvalue weighted by atomic mass is 79.9. The van der Waals surface area contributed by atoms with Crippen molar-refractivity contribution in [3.05, 3.63) is 34.1 Å². The van der Waals surface area contributed by atoms with Crippen LogP contribution >= 0.6 is 15.9 Å². The predicted molar refractivity (Wildman–Crippen MR) is 79.7 cm³/mol. The van der Waals surface area contributed by atoms with Gasteiger partial charge in [0.25, 0.3) is 0 Å². The van der Waals surface area contributed by atoms with E-state index in [1.54, 1.807) is 12.1 Å². The number of hydrogen-bond donors (Lipinski definition) is 1. The molecule has 1 saturated heterocycles. The lowest BCUT2D eigenvalue weighted by Crippen LogP contribution is -2.41. The van der Waals surface area contributed by atoms with Gasteiger partial charge in [-0.15, -0.1) is 0 Å².